The van der Waals surface area contributed by atoms with Crippen LogP contribution in [0.5, 0.6) is 0 Å². The fourth-order valence-electron chi connectivity index (χ4n) is 1.81. The van der Waals surface area contributed by atoms with Crippen molar-refractivity contribution in [3.05, 3.63) is 27.0 Å². The molecule has 0 amide bonds. The molecule has 3 N–H and O–H groups in total. The van der Waals surface area contributed by atoms with Gasteiger partial charge in [-0.2, -0.15) is 0 Å². The van der Waals surface area contributed by atoms with Gasteiger partial charge in [-0.05, 0) is 12.8 Å². The van der Waals surface area contributed by atoms with Crippen molar-refractivity contribution in [1.82, 2.24) is 9.97 Å². The van der Waals surface area contributed by atoms with E-state index in [1.807, 2.05) is 0 Å². The molecular formula is C9H13N3O2. The molecule has 1 fully saturated rings. The highest BCUT2D eigenvalue weighted by atomic mass is 16.2. The highest BCUT2D eigenvalue weighted by Gasteiger charge is 2.15. The third-order valence-electron chi connectivity index (χ3n) is 2.53. The van der Waals surface area contributed by atoms with E-state index in [4.69, 9.17) is 0 Å². The smallest absolute Gasteiger partial charge is 0.325 e. The molecule has 1 aromatic heterocycles. The average Bonchev–Trinajstić information content (AvgIpc) is 2.62. The van der Waals surface area contributed by atoms with Crippen molar-refractivity contribution >= 4 is 5.69 Å². The van der Waals surface area contributed by atoms with Crippen LogP contribution < -0.4 is 16.6 Å². The molecule has 0 radical (unpaired) electrons. The summed E-state index contributed by atoms with van der Waals surface area (Å²) in [5.41, 5.74) is -0.357. The maximum atomic E-state index is 11.3. The Morgan fingerprint density at radius 3 is 2.64 bits per heavy atom. The lowest BCUT2D eigenvalue weighted by molar-refractivity contribution is 0.751. The summed E-state index contributed by atoms with van der Waals surface area (Å²) in [5, 5.41) is 3.12. The maximum absolute atomic E-state index is 11.3. The van der Waals surface area contributed by atoms with Crippen molar-refractivity contribution in [3.63, 3.8) is 0 Å². The number of anilines is 1. The molecule has 1 saturated carbocycles. The van der Waals surface area contributed by atoms with Gasteiger partial charge in [0.25, 0.3) is 5.56 Å². The average molecular weight is 195 g/mol. The van der Waals surface area contributed by atoms with Gasteiger partial charge in [0.2, 0.25) is 0 Å². The molecule has 0 aromatic carbocycles. The van der Waals surface area contributed by atoms with Crippen molar-refractivity contribution in [1.29, 1.82) is 0 Å². The molecule has 1 heterocycles. The molecule has 0 unspecified atom stereocenters. The van der Waals surface area contributed by atoms with Crippen LogP contribution in [0, 0.1) is 0 Å². The number of rotatable bonds is 2. The zero-order valence-corrected chi connectivity index (χ0v) is 7.80. The number of hydrogen-bond acceptors (Lipinski definition) is 3. The van der Waals surface area contributed by atoms with Crippen LogP contribution in [0.3, 0.4) is 0 Å². The normalized spacial score (nSPS) is 17.1. The highest BCUT2D eigenvalue weighted by Crippen LogP contribution is 2.20. The summed E-state index contributed by atoms with van der Waals surface area (Å²) in [4.78, 5) is 26.7. The zero-order valence-electron chi connectivity index (χ0n) is 7.80. The number of H-pyrrole nitrogens is 2. The first-order valence-electron chi connectivity index (χ1n) is 4.84. The van der Waals surface area contributed by atoms with Crippen LogP contribution in [0.2, 0.25) is 0 Å². The Kier molecular flexibility index (Phi) is 2.39. The Labute approximate surface area is 80.6 Å². The van der Waals surface area contributed by atoms with Crippen LogP contribution in [-0.4, -0.2) is 16.0 Å². The maximum Gasteiger partial charge on any atom is 0.325 e. The molecule has 1 aliphatic carbocycles. The minimum Gasteiger partial charge on any atom is -0.377 e. The van der Waals surface area contributed by atoms with Crippen molar-refractivity contribution in [3.8, 4) is 0 Å². The van der Waals surface area contributed by atoms with Crippen LogP contribution in [0.4, 0.5) is 5.69 Å². The highest BCUT2D eigenvalue weighted by molar-refractivity contribution is 5.38. The minimum atomic E-state index is -0.466. The molecule has 0 atom stereocenters. The van der Waals surface area contributed by atoms with Crippen LogP contribution in [0.15, 0.2) is 15.8 Å². The molecule has 0 bridgehead atoms. The van der Waals surface area contributed by atoms with Crippen molar-refractivity contribution in [2.45, 2.75) is 31.7 Å². The fraction of sp³-hybridized carbons (Fsp3) is 0.556. The predicted octanol–water partition coefficient (Wildman–Crippen LogP) is 0.418. The first-order valence-corrected chi connectivity index (χ1v) is 4.84. The van der Waals surface area contributed by atoms with Gasteiger partial charge in [0.1, 0.15) is 5.69 Å². The first kappa shape index (κ1) is 9.05. The topological polar surface area (TPSA) is 77.8 Å². The Morgan fingerprint density at radius 1 is 1.29 bits per heavy atom. The summed E-state index contributed by atoms with van der Waals surface area (Å²) in [6, 6.07) is 0.377. The summed E-state index contributed by atoms with van der Waals surface area (Å²) in [7, 11) is 0. The van der Waals surface area contributed by atoms with Crippen molar-refractivity contribution in [2.75, 3.05) is 5.32 Å². The van der Waals surface area contributed by atoms with E-state index in [9.17, 15) is 9.59 Å². The van der Waals surface area contributed by atoms with Crippen LogP contribution in [0.1, 0.15) is 25.7 Å². The van der Waals surface area contributed by atoms with Crippen molar-refractivity contribution < 1.29 is 0 Å². The third-order valence-corrected chi connectivity index (χ3v) is 2.53. The molecule has 14 heavy (non-hydrogen) atoms. The van der Waals surface area contributed by atoms with Gasteiger partial charge >= 0.3 is 5.69 Å². The van der Waals surface area contributed by atoms with E-state index in [1.165, 1.54) is 19.0 Å². The second kappa shape index (κ2) is 3.69. The van der Waals surface area contributed by atoms with Crippen LogP contribution in [0.25, 0.3) is 0 Å². The van der Waals surface area contributed by atoms with Gasteiger partial charge in [-0.15, -0.1) is 0 Å². The Hall–Kier alpha value is -1.52. The molecule has 0 saturated heterocycles. The standard InChI is InChI=1S/C9H13N3O2/c13-8-7(5-10-9(14)12-8)11-6-3-1-2-4-6/h5-6,11H,1-4H2,(H2,10,12,13,14). The monoisotopic (exact) mass is 195 g/mol. The van der Waals surface area contributed by atoms with Gasteiger partial charge in [0, 0.05) is 12.2 Å². The largest absolute Gasteiger partial charge is 0.377 e. The quantitative estimate of drug-likeness (QED) is 0.640. The van der Waals surface area contributed by atoms with Gasteiger partial charge in [-0.3, -0.25) is 9.78 Å². The summed E-state index contributed by atoms with van der Waals surface area (Å²) >= 11 is 0. The summed E-state index contributed by atoms with van der Waals surface area (Å²) in [6.07, 6.45) is 6.04. The van der Waals surface area contributed by atoms with E-state index in [0.717, 1.165) is 12.8 Å². The van der Waals surface area contributed by atoms with E-state index in [1.54, 1.807) is 0 Å². The van der Waals surface area contributed by atoms with Gasteiger partial charge in [0.05, 0.1) is 0 Å². The molecule has 1 aromatic rings. The SMILES string of the molecule is O=c1[nH]cc(NC2CCCC2)c(=O)[nH]1. The van der Waals surface area contributed by atoms with Gasteiger partial charge in [0.15, 0.2) is 0 Å². The van der Waals surface area contributed by atoms with Gasteiger partial charge in [-0.1, -0.05) is 12.8 Å². The Morgan fingerprint density at radius 2 is 2.00 bits per heavy atom. The fourth-order valence-corrected chi connectivity index (χ4v) is 1.81. The lowest BCUT2D eigenvalue weighted by Crippen LogP contribution is -2.27. The third kappa shape index (κ3) is 1.86. The van der Waals surface area contributed by atoms with E-state index in [0.29, 0.717) is 11.7 Å². The van der Waals surface area contributed by atoms with E-state index < -0.39 is 5.69 Å². The minimum absolute atomic E-state index is 0.347. The Balaban J connectivity index is 2.16. The lowest BCUT2D eigenvalue weighted by Gasteiger charge is -2.11. The van der Waals surface area contributed by atoms with E-state index in [-0.39, 0.29) is 5.56 Å². The van der Waals surface area contributed by atoms with Crippen LogP contribution >= 0.6 is 0 Å². The van der Waals surface area contributed by atoms with E-state index in [2.05, 4.69) is 15.3 Å². The molecule has 0 aliphatic heterocycles. The van der Waals surface area contributed by atoms with Crippen LogP contribution in [-0.2, 0) is 0 Å². The summed E-state index contributed by atoms with van der Waals surface area (Å²) in [6.45, 7) is 0. The van der Waals surface area contributed by atoms with Crippen molar-refractivity contribution in [2.24, 2.45) is 0 Å². The molecule has 5 heteroatoms. The molecule has 1 aliphatic rings. The Bertz CT molecular complexity index is 415. The number of aromatic nitrogens is 2. The molecular weight excluding hydrogens is 182 g/mol. The van der Waals surface area contributed by atoms with E-state index >= 15 is 0 Å². The van der Waals surface area contributed by atoms with Gasteiger partial charge < -0.3 is 10.3 Å². The second-order valence-electron chi connectivity index (χ2n) is 3.61. The molecule has 76 valence electrons. The molecule has 2 rings (SSSR count). The zero-order chi connectivity index (χ0) is 9.97. The molecule has 0 spiro atoms. The van der Waals surface area contributed by atoms with Gasteiger partial charge in [-0.25, -0.2) is 4.79 Å². The number of hydrogen-bond donors (Lipinski definition) is 3. The number of aromatic amines is 2. The second-order valence-corrected chi connectivity index (χ2v) is 3.61. The number of nitrogens with one attached hydrogen (secondary N) is 3. The first-order chi connectivity index (χ1) is 6.75. The lowest BCUT2D eigenvalue weighted by atomic mass is 10.2. The predicted molar refractivity (Wildman–Crippen MR) is 53.6 cm³/mol. The molecule has 5 nitrogen and oxygen atoms in total. The summed E-state index contributed by atoms with van der Waals surface area (Å²) < 4.78 is 0. The summed E-state index contributed by atoms with van der Waals surface area (Å²) in [5.74, 6) is 0.